The Morgan fingerprint density at radius 3 is 2.33 bits per heavy atom. The molecular weight excluding hydrogens is 266 g/mol. The highest BCUT2D eigenvalue weighted by atomic mass is 16.3. The van der Waals surface area contributed by atoms with E-state index >= 15 is 0 Å². The Morgan fingerprint density at radius 2 is 1.71 bits per heavy atom. The van der Waals surface area contributed by atoms with E-state index in [9.17, 15) is 9.90 Å². The van der Waals surface area contributed by atoms with Crippen molar-refractivity contribution < 1.29 is 15.0 Å². The Balaban J connectivity index is 1.93. The van der Waals surface area contributed by atoms with Gasteiger partial charge in [0.1, 0.15) is 5.75 Å². The predicted octanol–water partition coefficient (Wildman–Crippen LogP) is 2.58. The van der Waals surface area contributed by atoms with E-state index in [4.69, 9.17) is 5.11 Å². The maximum absolute atomic E-state index is 11.8. The monoisotopic (exact) mass is 283 g/mol. The van der Waals surface area contributed by atoms with Crippen LogP contribution in [0.25, 0.3) is 6.08 Å². The molecular formula is C17H17NO3. The molecule has 0 saturated heterocycles. The Bertz CT molecular complexity index is 615. The maximum Gasteiger partial charge on any atom is 0.248 e. The lowest BCUT2D eigenvalue weighted by molar-refractivity contribution is -0.111. The summed E-state index contributed by atoms with van der Waals surface area (Å²) in [6.07, 6.45) is 3.72. The molecule has 0 spiro atoms. The third-order valence-corrected chi connectivity index (χ3v) is 2.94. The number of aliphatic hydroxyl groups excluding tert-OH is 1. The number of rotatable bonds is 5. The van der Waals surface area contributed by atoms with E-state index in [0.29, 0.717) is 12.1 Å². The van der Waals surface area contributed by atoms with Gasteiger partial charge in [-0.05, 0) is 47.9 Å². The number of carbonyl (C=O) groups is 1. The summed E-state index contributed by atoms with van der Waals surface area (Å²) in [7, 11) is 0. The van der Waals surface area contributed by atoms with Crippen LogP contribution in [0, 0.1) is 0 Å². The van der Waals surface area contributed by atoms with Gasteiger partial charge in [-0.1, -0.05) is 24.3 Å². The molecule has 4 nitrogen and oxygen atoms in total. The highest BCUT2D eigenvalue weighted by Crippen LogP contribution is 2.12. The first-order valence-corrected chi connectivity index (χ1v) is 6.65. The van der Waals surface area contributed by atoms with Crippen molar-refractivity contribution in [1.82, 2.24) is 0 Å². The Hall–Kier alpha value is -2.59. The van der Waals surface area contributed by atoms with Crippen molar-refractivity contribution in [3.8, 4) is 5.75 Å². The molecule has 0 aliphatic rings. The number of carbonyl (C=O) groups excluding carboxylic acids is 1. The Labute approximate surface area is 123 Å². The molecule has 0 atom stereocenters. The number of amides is 1. The van der Waals surface area contributed by atoms with Crippen LogP contribution in [0.15, 0.2) is 54.6 Å². The lowest BCUT2D eigenvalue weighted by atomic mass is 10.1. The van der Waals surface area contributed by atoms with Crippen molar-refractivity contribution in [2.45, 2.75) is 6.42 Å². The first-order valence-electron chi connectivity index (χ1n) is 6.65. The van der Waals surface area contributed by atoms with E-state index in [0.717, 1.165) is 11.1 Å². The Morgan fingerprint density at radius 1 is 1.05 bits per heavy atom. The molecule has 1 amide bonds. The summed E-state index contributed by atoms with van der Waals surface area (Å²) in [6, 6.07) is 13.9. The Kier molecular flexibility index (Phi) is 5.12. The van der Waals surface area contributed by atoms with Crippen molar-refractivity contribution in [1.29, 1.82) is 0 Å². The molecule has 2 aromatic carbocycles. The molecule has 4 heteroatoms. The summed E-state index contributed by atoms with van der Waals surface area (Å²) in [6.45, 7) is 0.112. The van der Waals surface area contributed by atoms with E-state index in [1.807, 2.05) is 12.1 Å². The third kappa shape index (κ3) is 4.78. The number of phenols is 1. The SMILES string of the molecule is O=C(/C=C/c1ccc(O)cc1)Nc1ccc(CCO)cc1. The molecule has 0 saturated carbocycles. The second-order valence-electron chi connectivity index (χ2n) is 4.58. The van der Waals surface area contributed by atoms with Crippen LogP contribution in [0.5, 0.6) is 5.75 Å². The average molecular weight is 283 g/mol. The van der Waals surface area contributed by atoms with Crippen molar-refractivity contribution in [2.24, 2.45) is 0 Å². The molecule has 0 bridgehead atoms. The summed E-state index contributed by atoms with van der Waals surface area (Å²) in [5, 5.41) is 20.8. The average Bonchev–Trinajstić information content (AvgIpc) is 2.49. The number of anilines is 1. The van der Waals surface area contributed by atoms with Gasteiger partial charge >= 0.3 is 0 Å². The van der Waals surface area contributed by atoms with Crippen LogP contribution in [0.4, 0.5) is 5.69 Å². The molecule has 21 heavy (non-hydrogen) atoms. The van der Waals surface area contributed by atoms with Gasteiger partial charge < -0.3 is 15.5 Å². The van der Waals surface area contributed by atoms with Crippen molar-refractivity contribution in [2.75, 3.05) is 11.9 Å². The van der Waals surface area contributed by atoms with Crippen LogP contribution < -0.4 is 5.32 Å². The molecule has 2 aromatic rings. The molecule has 0 aromatic heterocycles. The summed E-state index contributed by atoms with van der Waals surface area (Å²) in [4.78, 5) is 11.8. The van der Waals surface area contributed by atoms with Gasteiger partial charge in [0.15, 0.2) is 0 Å². The van der Waals surface area contributed by atoms with E-state index in [2.05, 4.69) is 5.32 Å². The molecule has 108 valence electrons. The van der Waals surface area contributed by atoms with Crippen LogP contribution in [0.2, 0.25) is 0 Å². The van der Waals surface area contributed by atoms with E-state index in [1.165, 1.54) is 6.08 Å². The normalized spacial score (nSPS) is 10.7. The number of phenolic OH excluding ortho intramolecular Hbond substituents is 1. The number of aromatic hydroxyl groups is 1. The zero-order chi connectivity index (χ0) is 15.1. The van der Waals surface area contributed by atoms with Gasteiger partial charge in [0, 0.05) is 18.4 Å². The zero-order valence-corrected chi connectivity index (χ0v) is 11.5. The summed E-state index contributed by atoms with van der Waals surface area (Å²) < 4.78 is 0. The molecule has 0 unspecified atom stereocenters. The topological polar surface area (TPSA) is 69.6 Å². The maximum atomic E-state index is 11.8. The minimum Gasteiger partial charge on any atom is -0.508 e. The van der Waals surface area contributed by atoms with Gasteiger partial charge in [0.25, 0.3) is 0 Å². The zero-order valence-electron chi connectivity index (χ0n) is 11.5. The van der Waals surface area contributed by atoms with Crippen LogP contribution >= 0.6 is 0 Å². The molecule has 0 aliphatic heterocycles. The summed E-state index contributed by atoms with van der Waals surface area (Å²) >= 11 is 0. The second-order valence-corrected chi connectivity index (χ2v) is 4.58. The first-order chi connectivity index (χ1) is 10.2. The highest BCUT2D eigenvalue weighted by molar-refractivity contribution is 6.01. The number of nitrogens with one attached hydrogen (secondary N) is 1. The lowest BCUT2D eigenvalue weighted by Crippen LogP contribution is -2.07. The fourth-order valence-electron chi connectivity index (χ4n) is 1.83. The van der Waals surface area contributed by atoms with E-state index < -0.39 is 0 Å². The van der Waals surface area contributed by atoms with Crippen LogP contribution in [-0.4, -0.2) is 22.7 Å². The standard InChI is InChI=1S/C17H17NO3/c19-12-11-14-1-6-15(7-2-14)18-17(21)10-5-13-3-8-16(20)9-4-13/h1-10,19-20H,11-12H2,(H,18,21)/b10-5+. The first kappa shape index (κ1) is 14.8. The highest BCUT2D eigenvalue weighted by Gasteiger charge is 1.98. The van der Waals surface area contributed by atoms with Crippen molar-refractivity contribution >= 4 is 17.7 Å². The van der Waals surface area contributed by atoms with Gasteiger partial charge in [0.2, 0.25) is 5.91 Å². The molecule has 2 rings (SSSR count). The van der Waals surface area contributed by atoms with Gasteiger partial charge in [-0.3, -0.25) is 4.79 Å². The van der Waals surface area contributed by atoms with Crippen LogP contribution in [-0.2, 0) is 11.2 Å². The van der Waals surface area contributed by atoms with E-state index in [-0.39, 0.29) is 18.3 Å². The fraction of sp³-hybridized carbons (Fsp3) is 0.118. The molecule has 0 radical (unpaired) electrons. The summed E-state index contributed by atoms with van der Waals surface area (Å²) in [5.41, 5.74) is 2.56. The number of aliphatic hydroxyl groups is 1. The molecule has 3 N–H and O–H groups in total. The molecule has 0 heterocycles. The number of hydrogen-bond donors (Lipinski definition) is 3. The number of benzene rings is 2. The smallest absolute Gasteiger partial charge is 0.248 e. The van der Waals surface area contributed by atoms with Gasteiger partial charge in [-0.25, -0.2) is 0 Å². The summed E-state index contributed by atoms with van der Waals surface area (Å²) in [5.74, 6) is -0.0300. The predicted molar refractivity (Wildman–Crippen MR) is 83.0 cm³/mol. The van der Waals surface area contributed by atoms with Crippen molar-refractivity contribution in [3.05, 3.63) is 65.7 Å². The van der Waals surface area contributed by atoms with Gasteiger partial charge in [-0.15, -0.1) is 0 Å². The quantitative estimate of drug-likeness (QED) is 0.739. The van der Waals surface area contributed by atoms with Crippen LogP contribution in [0.1, 0.15) is 11.1 Å². The van der Waals surface area contributed by atoms with Gasteiger partial charge in [-0.2, -0.15) is 0 Å². The van der Waals surface area contributed by atoms with Gasteiger partial charge in [0.05, 0.1) is 0 Å². The second kappa shape index (κ2) is 7.26. The molecule has 0 fully saturated rings. The fourth-order valence-corrected chi connectivity index (χ4v) is 1.83. The lowest BCUT2D eigenvalue weighted by Gasteiger charge is -2.03. The largest absolute Gasteiger partial charge is 0.508 e. The third-order valence-electron chi connectivity index (χ3n) is 2.94. The number of hydrogen-bond acceptors (Lipinski definition) is 3. The minimum atomic E-state index is -0.224. The molecule has 0 aliphatic carbocycles. The van der Waals surface area contributed by atoms with E-state index in [1.54, 1.807) is 42.5 Å². The van der Waals surface area contributed by atoms with Crippen molar-refractivity contribution in [3.63, 3.8) is 0 Å². The van der Waals surface area contributed by atoms with Crippen LogP contribution in [0.3, 0.4) is 0 Å². The minimum absolute atomic E-state index is 0.112.